The van der Waals surface area contributed by atoms with Crippen molar-refractivity contribution in [2.45, 2.75) is 50.4 Å². The molecule has 1 atom stereocenters. The Bertz CT molecular complexity index is 541. The smallest absolute Gasteiger partial charge is 0.231 e. The zero-order valence-corrected chi connectivity index (χ0v) is 12.1. The lowest BCUT2D eigenvalue weighted by Crippen LogP contribution is -2.48. The third-order valence-corrected chi connectivity index (χ3v) is 4.78. The van der Waals surface area contributed by atoms with Crippen molar-refractivity contribution in [3.63, 3.8) is 0 Å². The highest BCUT2D eigenvalue weighted by Crippen LogP contribution is 2.44. The van der Waals surface area contributed by atoms with E-state index in [4.69, 9.17) is 24.7 Å². The van der Waals surface area contributed by atoms with Crippen molar-refractivity contribution in [1.82, 2.24) is 0 Å². The molecule has 0 radical (unpaired) electrons. The highest BCUT2D eigenvalue weighted by Gasteiger charge is 2.43. The van der Waals surface area contributed by atoms with Crippen LogP contribution >= 0.6 is 0 Å². The summed E-state index contributed by atoms with van der Waals surface area (Å²) in [6.45, 7) is 1.48. The number of ether oxygens (including phenoxy) is 4. The van der Waals surface area contributed by atoms with Gasteiger partial charge in [-0.1, -0.05) is 0 Å². The monoisotopic (exact) mass is 291 g/mol. The molecule has 1 aromatic rings. The van der Waals surface area contributed by atoms with Crippen LogP contribution in [0.1, 0.15) is 37.7 Å². The Morgan fingerprint density at radius 3 is 2.76 bits per heavy atom. The Kier molecular flexibility index (Phi) is 3.19. The first-order chi connectivity index (χ1) is 10.3. The van der Waals surface area contributed by atoms with E-state index >= 15 is 0 Å². The maximum Gasteiger partial charge on any atom is 0.231 e. The average Bonchev–Trinajstić information content (AvgIpc) is 2.92. The Labute approximate surface area is 124 Å². The molecule has 21 heavy (non-hydrogen) atoms. The summed E-state index contributed by atoms with van der Waals surface area (Å²) in [6.07, 6.45) is 5.70. The van der Waals surface area contributed by atoms with Gasteiger partial charge < -0.3 is 24.7 Å². The average molecular weight is 291 g/mol. The van der Waals surface area contributed by atoms with Crippen LogP contribution in [0.2, 0.25) is 0 Å². The van der Waals surface area contributed by atoms with Crippen molar-refractivity contribution in [2.24, 2.45) is 5.73 Å². The van der Waals surface area contributed by atoms with Crippen LogP contribution < -0.4 is 19.9 Å². The van der Waals surface area contributed by atoms with Crippen molar-refractivity contribution < 1.29 is 18.9 Å². The Balaban J connectivity index is 1.53. The minimum Gasteiger partial charge on any atom is -0.490 e. The van der Waals surface area contributed by atoms with Gasteiger partial charge in [-0.3, -0.25) is 0 Å². The first-order valence-corrected chi connectivity index (χ1v) is 7.71. The quantitative estimate of drug-likeness (QED) is 0.926. The molecule has 0 aromatic heterocycles. The van der Waals surface area contributed by atoms with E-state index in [1.165, 1.54) is 6.42 Å². The maximum absolute atomic E-state index is 6.24. The summed E-state index contributed by atoms with van der Waals surface area (Å²) in [6, 6.07) is 3.84. The van der Waals surface area contributed by atoms with Gasteiger partial charge in [0.05, 0.1) is 12.2 Å². The minimum atomic E-state index is 0.0854. The van der Waals surface area contributed by atoms with E-state index in [2.05, 4.69) is 0 Å². The topological polar surface area (TPSA) is 62.9 Å². The summed E-state index contributed by atoms with van der Waals surface area (Å²) in [4.78, 5) is 0. The first-order valence-electron chi connectivity index (χ1n) is 7.71. The molecule has 1 saturated heterocycles. The molecule has 0 amide bonds. The molecule has 5 heteroatoms. The molecule has 114 valence electrons. The van der Waals surface area contributed by atoms with E-state index < -0.39 is 0 Å². The number of benzene rings is 1. The number of fused-ring (bicyclic) bond motifs is 1. The summed E-state index contributed by atoms with van der Waals surface area (Å²) in [5.74, 6) is 2.32. The predicted molar refractivity (Wildman–Crippen MR) is 76.6 cm³/mol. The number of hydrogen-bond donors (Lipinski definition) is 1. The predicted octanol–water partition coefficient (Wildman–Crippen LogP) is 2.35. The van der Waals surface area contributed by atoms with Crippen molar-refractivity contribution in [2.75, 3.05) is 13.4 Å². The lowest BCUT2D eigenvalue weighted by molar-refractivity contribution is -0.153. The molecule has 1 aliphatic carbocycles. The molecule has 2 N–H and O–H groups in total. The molecule has 2 aliphatic heterocycles. The molecule has 5 nitrogen and oxygen atoms in total. The van der Waals surface area contributed by atoms with Gasteiger partial charge in [-0.25, -0.2) is 0 Å². The lowest BCUT2D eigenvalue weighted by atomic mass is 9.74. The second-order valence-corrected chi connectivity index (χ2v) is 6.14. The highest BCUT2D eigenvalue weighted by molar-refractivity contribution is 5.51. The van der Waals surface area contributed by atoms with Gasteiger partial charge >= 0.3 is 0 Å². The highest BCUT2D eigenvalue weighted by atomic mass is 16.7. The van der Waals surface area contributed by atoms with Gasteiger partial charge in [0.2, 0.25) is 6.79 Å². The van der Waals surface area contributed by atoms with Crippen molar-refractivity contribution in [1.29, 1.82) is 0 Å². The Morgan fingerprint density at radius 2 is 2.05 bits per heavy atom. The Hall–Kier alpha value is -1.46. The standard InChI is InChI=1S/C16H21NO4/c17-9-11-6-14-15(19-10-18-14)7-13(11)21-12-2-5-20-16(8-12)3-1-4-16/h6-7,12H,1-5,8-10,17H2. The molecule has 1 spiro atoms. The summed E-state index contributed by atoms with van der Waals surface area (Å²) in [7, 11) is 0. The van der Waals surface area contributed by atoms with E-state index in [1.54, 1.807) is 0 Å². The van der Waals surface area contributed by atoms with E-state index in [0.717, 1.165) is 55.1 Å². The van der Waals surface area contributed by atoms with Crippen molar-refractivity contribution >= 4 is 0 Å². The second-order valence-electron chi connectivity index (χ2n) is 6.14. The Morgan fingerprint density at radius 1 is 1.24 bits per heavy atom. The SMILES string of the molecule is NCc1cc2c(cc1OC1CCOC3(CCC3)C1)OCO2. The summed E-state index contributed by atoms with van der Waals surface area (Å²) in [5.41, 5.74) is 6.89. The van der Waals surface area contributed by atoms with Crippen LogP contribution in [0.5, 0.6) is 17.2 Å². The van der Waals surface area contributed by atoms with Gasteiger partial charge in [0, 0.05) is 31.0 Å². The number of hydrogen-bond acceptors (Lipinski definition) is 5. The van der Waals surface area contributed by atoms with E-state index in [-0.39, 0.29) is 18.5 Å². The number of nitrogens with two attached hydrogens (primary N) is 1. The molecule has 1 unspecified atom stereocenters. The normalized spacial score (nSPS) is 25.7. The van der Waals surface area contributed by atoms with Crippen LogP contribution in [0.3, 0.4) is 0 Å². The fraction of sp³-hybridized carbons (Fsp3) is 0.625. The van der Waals surface area contributed by atoms with Crippen LogP contribution in [-0.4, -0.2) is 25.1 Å². The molecule has 4 rings (SSSR count). The molecule has 0 bridgehead atoms. The first kappa shape index (κ1) is 13.2. The largest absolute Gasteiger partial charge is 0.490 e. The van der Waals surface area contributed by atoms with Gasteiger partial charge in [0.25, 0.3) is 0 Å². The van der Waals surface area contributed by atoms with Crippen LogP contribution in [0, 0.1) is 0 Å². The lowest BCUT2D eigenvalue weighted by Gasteiger charge is -2.47. The van der Waals surface area contributed by atoms with Gasteiger partial charge in [-0.05, 0) is 25.3 Å². The zero-order chi connectivity index (χ0) is 14.3. The fourth-order valence-electron chi connectivity index (χ4n) is 3.42. The molecule has 1 aromatic carbocycles. The van der Waals surface area contributed by atoms with E-state index in [9.17, 15) is 0 Å². The fourth-order valence-corrected chi connectivity index (χ4v) is 3.42. The zero-order valence-electron chi connectivity index (χ0n) is 12.1. The molecule has 3 aliphatic rings. The van der Waals surface area contributed by atoms with Crippen molar-refractivity contribution in [3.8, 4) is 17.2 Å². The minimum absolute atomic E-state index is 0.0854. The van der Waals surface area contributed by atoms with Gasteiger partial charge in [-0.15, -0.1) is 0 Å². The third kappa shape index (κ3) is 2.34. The van der Waals surface area contributed by atoms with Crippen LogP contribution in [0.15, 0.2) is 12.1 Å². The van der Waals surface area contributed by atoms with E-state index in [0.29, 0.717) is 6.54 Å². The van der Waals surface area contributed by atoms with Gasteiger partial charge in [0.1, 0.15) is 11.9 Å². The van der Waals surface area contributed by atoms with Crippen LogP contribution in [0.4, 0.5) is 0 Å². The summed E-state index contributed by atoms with van der Waals surface area (Å²) in [5, 5.41) is 0. The maximum atomic E-state index is 6.24. The molecule has 2 heterocycles. The van der Waals surface area contributed by atoms with Crippen LogP contribution in [0.25, 0.3) is 0 Å². The second kappa shape index (κ2) is 5.07. The molecular weight excluding hydrogens is 270 g/mol. The molecule has 2 fully saturated rings. The van der Waals surface area contributed by atoms with Crippen molar-refractivity contribution in [3.05, 3.63) is 17.7 Å². The number of rotatable bonds is 3. The molecule has 1 saturated carbocycles. The third-order valence-electron chi connectivity index (χ3n) is 4.78. The van der Waals surface area contributed by atoms with Gasteiger partial charge in [0.15, 0.2) is 11.5 Å². The summed E-state index contributed by atoms with van der Waals surface area (Å²) >= 11 is 0. The van der Waals surface area contributed by atoms with E-state index in [1.807, 2.05) is 12.1 Å². The summed E-state index contributed by atoms with van der Waals surface area (Å²) < 4.78 is 23.0. The van der Waals surface area contributed by atoms with Crippen LogP contribution in [-0.2, 0) is 11.3 Å². The van der Waals surface area contributed by atoms with Gasteiger partial charge in [-0.2, -0.15) is 0 Å². The molecular formula is C16H21NO4.